The van der Waals surface area contributed by atoms with E-state index in [-0.39, 0.29) is 0 Å². The van der Waals surface area contributed by atoms with Crippen molar-refractivity contribution in [1.29, 1.82) is 0 Å². The van der Waals surface area contributed by atoms with E-state index in [1.54, 1.807) is 0 Å². The number of nitrogens with two attached hydrogens (primary N) is 1. The summed E-state index contributed by atoms with van der Waals surface area (Å²) in [5, 5.41) is 0. The van der Waals surface area contributed by atoms with Gasteiger partial charge in [-0.15, -0.1) is 0 Å². The fourth-order valence-corrected chi connectivity index (χ4v) is 2.57. The van der Waals surface area contributed by atoms with Gasteiger partial charge in [0.15, 0.2) is 6.23 Å². The highest BCUT2D eigenvalue weighted by Gasteiger charge is 2.27. The number of piperidine rings is 1. The first-order chi connectivity index (χ1) is 9.20. The van der Waals surface area contributed by atoms with Crippen molar-refractivity contribution < 1.29 is 9.53 Å². The van der Waals surface area contributed by atoms with E-state index in [0.29, 0.717) is 5.92 Å². The molecule has 1 aliphatic rings. The van der Waals surface area contributed by atoms with Crippen LogP contribution >= 0.6 is 11.6 Å². The Balaban J connectivity index is 2.08. The molecular weight excluding hydrogens is 264 g/mol. The van der Waals surface area contributed by atoms with E-state index in [0.717, 1.165) is 38.0 Å². The molecule has 2 N–H and O–H groups in total. The van der Waals surface area contributed by atoms with Crippen molar-refractivity contribution in [3.8, 4) is 0 Å². The number of nitrogens with zero attached hydrogens (tertiary/aromatic N) is 1. The summed E-state index contributed by atoms with van der Waals surface area (Å²) in [6.07, 6.45) is 1.66. The number of carbonyl (C=O) groups excluding carboxylic acids is 1. The molecule has 2 rings (SSSR count). The first kappa shape index (κ1) is 14.3. The molecule has 1 heterocycles. The first-order valence-corrected chi connectivity index (χ1v) is 6.93. The van der Waals surface area contributed by atoms with Gasteiger partial charge in [-0.1, -0.05) is 30.3 Å². The molecule has 1 atom stereocenters. The molecule has 0 amide bonds. The molecule has 0 spiro atoms. The second-order valence-electron chi connectivity index (χ2n) is 4.83. The van der Waals surface area contributed by atoms with Crippen LogP contribution in [0.3, 0.4) is 0 Å². The highest BCUT2D eigenvalue weighted by Crippen LogP contribution is 2.28. The minimum atomic E-state index is -0.769. The zero-order chi connectivity index (χ0) is 13.7. The Labute approximate surface area is 118 Å². The largest absolute Gasteiger partial charge is 0.430 e. The Morgan fingerprint density at radius 3 is 2.53 bits per heavy atom. The van der Waals surface area contributed by atoms with Gasteiger partial charge in [0, 0.05) is 30.3 Å². The Morgan fingerprint density at radius 1 is 1.37 bits per heavy atom. The molecule has 4 nitrogen and oxygen atoms in total. The summed E-state index contributed by atoms with van der Waals surface area (Å²) in [4.78, 5) is 13.2. The van der Waals surface area contributed by atoms with Crippen LogP contribution in [0.15, 0.2) is 30.3 Å². The maximum absolute atomic E-state index is 11.1. The lowest BCUT2D eigenvalue weighted by molar-refractivity contribution is -0.0220. The number of halogens is 1. The average Bonchev–Trinajstić information content (AvgIpc) is 2.46. The van der Waals surface area contributed by atoms with Gasteiger partial charge in [0.05, 0.1) is 0 Å². The number of hydrogen-bond donors (Lipinski definition) is 1. The standard InChI is InChI=1S/C14H19ClN2O2/c15-14(18)19-13(12-4-2-1-3-5-12)17-8-6-11(10-16)7-9-17/h1-5,11,13H,6-10,16H2. The van der Waals surface area contributed by atoms with Crippen molar-refractivity contribution in [2.24, 2.45) is 11.7 Å². The van der Waals surface area contributed by atoms with Crippen LogP contribution in [0.2, 0.25) is 0 Å². The maximum atomic E-state index is 11.1. The van der Waals surface area contributed by atoms with Crippen molar-refractivity contribution in [3.05, 3.63) is 35.9 Å². The lowest BCUT2D eigenvalue weighted by atomic mass is 9.96. The number of benzene rings is 1. The molecule has 0 saturated carbocycles. The van der Waals surface area contributed by atoms with Crippen LogP contribution in [0.25, 0.3) is 0 Å². The predicted molar refractivity (Wildman–Crippen MR) is 74.9 cm³/mol. The lowest BCUT2D eigenvalue weighted by Crippen LogP contribution is -2.39. The van der Waals surface area contributed by atoms with Crippen LogP contribution in [0, 0.1) is 5.92 Å². The van der Waals surface area contributed by atoms with Crippen molar-refractivity contribution in [2.45, 2.75) is 19.1 Å². The van der Waals surface area contributed by atoms with E-state index in [1.807, 2.05) is 30.3 Å². The molecule has 19 heavy (non-hydrogen) atoms. The van der Waals surface area contributed by atoms with Gasteiger partial charge in [-0.3, -0.25) is 4.90 Å². The average molecular weight is 283 g/mol. The quantitative estimate of drug-likeness (QED) is 0.863. The second kappa shape index (κ2) is 6.89. The third-order valence-corrected chi connectivity index (χ3v) is 3.69. The fourth-order valence-electron chi connectivity index (χ4n) is 2.48. The SMILES string of the molecule is NCC1CCN(C(OC(=O)Cl)c2ccccc2)CC1. The number of hydrogen-bond acceptors (Lipinski definition) is 4. The number of ether oxygens (including phenoxy) is 1. The van der Waals surface area contributed by atoms with Crippen molar-refractivity contribution >= 4 is 17.0 Å². The molecule has 1 aromatic carbocycles. The number of rotatable bonds is 4. The highest BCUT2D eigenvalue weighted by molar-refractivity contribution is 6.61. The molecule has 0 aromatic heterocycles. The van der Waals surface area contributed by atoms with Gasteiger partial charge in [0.25, 0.3) is 0 Å². The van der Waals surface area contributed by atoms with Crippen LogP contribution in [0.5, 0.6) is 0 Å². The molecule has 0 bridgehead atoms. The molecule has 104 valence electrons. The van der Waals surface area contributed by atoms with E-state index in [2.05, 4.69) is 4.90 Å². The Hall–Kier alpha value is -1.10. The van der Waals surface area contributed by atoms with Gasteiger partial charge in [-0.2, -0.15) is 0 Å². The summed E-state index contributed by atoms with van der Waals surface area (Å²) in [6, 6.07) is 9.68. The minimum absolute atomic E-state index is 0.398. The molecule has 0 aliphatic carbocycles. The summed E-state index contributed by atoms with van der Waals surface area (Å²) in [5.74, 6) is 0.569. The molecule has 5 heteroatoms. The number of carbonyl (C=O) groups is 1. The summed E-state index contributed by atoms with van der Waals surface area (Å²) in [7, 11) is 0. The molecule has 1 saturated heterocycles. The van der Waals surface area contributed by atoms with Gasteiger partial charge in [-0.05, 0) is 25.3 Å². The van der Waals surface area contributed by atoms with E-state index in [1.165, 1.54) is 0 Å². The molecule has 1 fully saturated rings. The van der Waals surface area contributed by atoms with E-state index < -0.39 is 11.7 Å². The van der Waals surface area contributed by atoms with Gasteiger partial charge >= 0.3 is 5.43 Å². The van der Waals surface area contributed by atoms with Crippen molar-refractivity contribution in [2.75, 3.05) is 19.6 Å². The fraction of sp³-hybridized carbons (Fsp3) is 0.500. The van der Waals surface area contributed by atoms with Gasteiger partial charge in [0.1, 0.15) is 0 Å². The molecule has 0 radical (unpaired) electrons. The first-order valence-electron chi connectivity index (χ1n) is 6.56. The Bertz CT molecular complexity index is 405. The normalized spacial score (nSPS) is 19.1. The Kier molecular flexibility index (Phi) is 5.19. The number of likely N-dealkylation sites (tertiary alicyclic amines) is 1. The van der Waals surface area contributed by atoms with Crippen molar-refractivity contribution in [3.63, 3.8) is 0 Å². The Morgan fingerprint density at radius 2 is 2.00 bits per heavy atom. The molecular formula is C14H19ClN2O2. The third kappa shape index (κ3) is 3.93. The maximum Gasteiger partial charge on any atom is 0.405 e. The zero-order valence-electron chi connectivity index (χ0n) is 10.8. The van der Waals surface area contributed by atoms with Gasteiger partial charge in [0.2, 0.25) is 0 Å². The summed E-state index contributed by atoms with van der Waals surface area (Å²) in [6.45, 7) is 2.45. The van der Waals surface area contributed by atoms with Gasteiger partial charge in [-0.25, -0.2) is 4.79 Å². The van der Waals surface area contributed by atoms with E-state index >= 15 is 0 Å². The van der Waals surface area contributed by atoms with Crippen LogP contribution in [0.1, 0.15) is 24.6 Å². The zero-order valence-corrected chi connectivity index (χ0v) is 11.6. The minimum Gasteiger partial charge on any atom is -0.430 e. The van der Waals surface area contributed by atoms with Crippen LogP contribution in [-0.4, -0.2) is 30.0 Å². The van der Waals surface area contributed by atoms with E-state index in [9.17, 15) is 4.79 Å². The van der Waals surface area contributed by atoms with E-state index in [4.69, 9.17) is 22.1 Å². The molecule has 1 aliphatic heterocycles. The van der Waals surface area contributed by atoms with Gasteiger partial charge < -0.3 is 10.5 Å². The smallest absolute Gasteiger partial charge is 0.405 e. The summed E-state index contributed by atoms with van der Waals surface area (Å²) >= 11 is 5.39. The van der Waals surface area contributed by atoms with Crippen LogP contribution < -0.4 is 5.73 Å². The van der Waals surface area contributed by atoms with Crippen molar-refractivity contribution in [1.82, 2.24) is 4.90 Å². The lowest BCUT2D eigenvalue weighted by Gasteiger charge is -2.36. The predicted octanol–water partition coefficient (Wildman–Crippen LogP) is 2.73. The summed E-state index contributed by atoms with van der Waals surface area (Å²) < 4.78 is 5.27. The topological polar surface area (TPSA) is 55.6 Å². The summed E-state index contributed by atoms with van der Waals surface area (Å²) in [5.41, 5.74) is 5.87. The third-order valence-electron chi connectivity index (χ3n) is 3.60. The van der Waals surface area contributed by atoms with Crippen LogP contribution in [-0.2, 0) is 4.74 Å². The monoisotopic (exact) mass is 282 g/mol. The van der Waals surface area contributed by atoms with Crippen LogP contribution in [0.4, 0.5) is 4.79 Å². The molecule has 1 aromatic rings. The molecule has 1 unspecified atom stereocenters. The highest BCUT2D eigenvalue weighted by atomic mass is 35.5. The second-order valence-corrected chi connectivity index (χ2v) is 5.14.